The molecule has 4 aliphatic carbocycles. The molecule has 1 amide bonds. The summed E-state index contributed by atoms with van der Waals surface area (Å²) < 4.78 is 5.92. The Kier molecular flexibility index (Phi) is 5.54. The van der Waals surface area contributed by atoms with Crippen LogP contribution in [0, 0.1) is 27.4 Å². The molecule has 11 nitrogen and oxygen atoms in total. The summed E-state index contributed by atoms with van der Waals surface area (Å²) in [5, 5.41) is 27.5. The maximum Gasteiger partial charge on any atom is 0.404 e. The van der Waals surface area contributed by atoms with E-state index in [4.69, 9.17) is 0 Å². The van der Waals surface area contributed by atoms with E-state index in [9.17, 15) is 14.9 Å². The zero-order valence-corrected chi connectivity index (χ0v) is 21.7. The highest BCUT2D eigenvalue weighted by Crippen LogP contribution is 2.65. The second-order valence-electron chi connectivity index (χ2n) is 11.0. The summed E-state index contributed by atoms with van der Waals surface area (Å²) in [6.07, 6.45) is 15.6. The lowest BCUT2D eigenvalue weighted by Crippen LogP contribution is -2.57. The number of rotatable bonds is 8. The van der Waals surface area contributed by atoms with Crippen LogP contribution in [0.15, 0.2) is 35.5 Å². The number of hydrogen-bond donors (Lipinski definition) is 1. The van der Waals surface area contributed by atoms with Gasteiger partial charge in [0.2, 0.25) is 5.91 Å². The van der Waals surface area contributed by atoms with E-state index < -0.39 is 4.92 Å². The molecule has 7 rings (SSSR count). The molecule has 4 bridgehead atoms. The van der Waals surface area contributed by atoms with Crippen molar-refractivity contribution >= 4 is 33.3 Å². The second-order valence-corrected chi connectivity index (χ2v) is 11.9. The molecule has 4 fully saturated rings. The van der Waals surface area contributed by atoms with Gasteiger partial charge in [-0.15, -0.1) is 0 Å². The lowest BCUT2D eigenvalue weighted by Gasteiger charge is -2.61. The highest BCUT2D eigenvalue weighted by Gasteiger charge is 2.60. The van der Waals surface area contributed by atoms with Crippen molar-refractivity contribution in [2.24, 2.45) is 17.3 Å². The van der Waals surface area contributed by atoms with E-state index in [1.54, 1.807) is 17.1 Å². The Morgan fingerprint density at radius 2 is 1.92 bits per heavy atom. The van der Waals surface area contributed by atoms with Crippen LogP contribution in [-0.4, -0.2) is 40.2 Å². The van der Waals surface area contributed by atoms with Crippen LogP contribution >= 0.6 is 15.9 Å². The lowest BCUT2D eigenvalue weighted by molar-refractivity contribution is -0.390. The predicted octanol–water partition coefficient (Wildman–Crippen LogP) is 4.34. The average molecular weight is 557 g/mol. The van der Waals surface area contributed by atoms with E-state index in [1.165, 1.54) is 6.42 Å². The maximum atomic E-state index is 13.2. The van der Waals surface area contributed by atoms with Crippen molar-refractivity contribution in [2.45, 2.75) is 70.5 Å². The number of amides is 1. The molecule has 0 saturated heterocycles. The molecule has 1 N–H and O–H groups in total. The standard InChI is InChI=1S/C24H29BrN8O3/c1-2-30-11-18(9-26-30)12-31-13-19(10-27-31)28-21(34)8-23-4-16-3-17(5-23)7-24(6-16,15-23)32-14-20(25)22(29-32)33(35)36/h9-11,13-14,16-17H,2-8,12,15H2,1H3,(H,28,34). The number of carbonyl (C=O) groups excluding carboxylic acids is 1. The van der Waals surface area contributed by atoms with Gasteiger partial charge in [-0.05, 0) is 83.6 Å². The average Bonchev–Trinajstić information content (AvgIpc) is 3.53. The van der Waals surface area contributed by atoms with Gasteiger partial charge in [0.1, 0.15) is 4.47 Å². The van der Waals surface area contributed by atoms with Crippen molar-refractivity contribution in [1.82, 2.24) is 29.3 Å². The van der Waals surface area contributed by atoms with Gasteiger partial charge in [0.25, 0.3) is 0 Å². The van der Waals surface area contributed by atoms with Crippen LogP contribution in [0.25, 0.3) is 0 Å². The first-order valence-corrected chi connectivity index (χ1v) is 13.3. The summed E-state index contributed by atoms with van der Waals surface area (Å²) in [6, 6.07) is 0. The number of aromatic nitrogens is 6. The predicted molar refractivity (Wildman–Crippen MR) is 134 cm³/mol. The quantitative estimate of drug-likeness (QED) is 0.325. The number of carbonyl (C=O) groups is 1. The Morgan fingerprint density at radius 1 is 1.17 bits per heavy atom. The zero-order valence-electron chi connectivity index (χ0n) is 20.1. The highest BCUT2D eigenvalue weighted by molar-refractivity contribution is 9.10. The third-order valence-corrected chi connectivity index (χ3v) is 8.83. The second kappa shape index (κ2) is 8.53. The smallest absolute Gasteiger partial charge is 0.358 e. The molecule has 3 heterocycles. The Morgan fingerprint density at radius 3 is 2.58 bits per heavy atom. The summed E-state index contributed by atoms with van der Waals surface area (Å²) in [5.74, 6) is 0.899. The first-order chi connectivity index (χ1) is 17.2. The molecule has 4 aliphatic rings. The molecule has 3 aromatic rings. The van der Waals surface area contributed by atoms with Crippen molar-refractivity contribution < 1.29 is 9.72 Å². The Balaban J connectivity index is 1.16. The van der Waals surface area contributed by atoms with Crippen LogP contribution in [-0.2, 0) is 23.4 Å². The molecule has 0 aromatic carbocycles. The minimum Gasteiger partial charge on any atom is -0.358 e. The largest absolute Gasteiger partial charge is 0.404 e. The molecule has 0 radical (unpaired) electrons. The number of nitro groups is 1. The molecule has 0 spiro atoms. The van der Waals surface area contributed by atoms with Crippen molar-refractivity contribution in [2.75, 3.05) is 5.32 Å². The maximum absolute atomic E-state index is 13.2. The normalized spacial score (nSPS) is 28.5. The van der Waals surface area contributed by atoms with Crippen LogP contribution in [0.1, 0.15) is 57.4 Å². The monoisotopic (exact) mass is 556 g/mol. The van der Waals surface area contributed by atoms with Gasteiger partial charge in [0.15, 0.2) is 0 Å². The van der Waals surface area contributed by atoms with E-state index in [0.717, 1.165) is 44.2 Å². The van der Waals surface area contributed by atoms with Gasteiger partial charge in [-0.25, -0.2) is 0 Å². The third kappa shape index (κ3) is 4.14. The van der Waals surface area contributed by atoms with E-state index in [2.05, 4.69) is 36.5 Å². The van der Waals surface area contributed by atoms with Gasteiger partial charge < -0.3 is 15.4 Å². The third-order valence-electron chi connectivity index (χ3n) is 8.27. The van der Waals surface area contributed by atoms with Crippen molar-refractivity contribution in [3.8, 4) is 0 Å². The van der Waals surface area contributed by atoms with Gasteiger partial charge >= 0.3 is 5.82 Å². The van der Waals surface area contributed by atoms with Gasteiger partial charge in [0, 0.05) is 30.9 Å². The molecule has 0 aliphatic heterocycles. The van der Waals surface area contributed by atoms with Crippen molar-refractivity contribution in [3.63, 3.8) is 0 Å². The van der Waals surface area contributed by atoms with Gasteiger partial charge in [0.05, 0.1) is 41.5 Å². The summed E-state index contributed by atoms with van der Waals surface area (Å²) in [6.45, 7) is 3.46. The molecule has 190 valence electrons. The van der Waals surface area contributed by atoms with E-state index in [-0.39, 0.29) is 22.7 Å². The number of aryl methyl sites for hydroxylation is 1. The van der Waals surface area contributed by atoms with Crippen molar-refractivity contribution in [1.29, 1.82) is 0 Å². The zero-order chi connectivity index (χ0) is 25.1. The van der Waals surface area contributed by atoms with Crippen LogP contribution in [0.2, 0.25) is 0 Å². The minimum atomic E-state index is -0.444. The van der Waals surface area contributed by atoms with Crippen LogP contribution in [0.3, 0.4) is 0 Å². The van der Waals surface area contributed by atoms with Crippen LogP contribution < -0.4 is 5.32 Å². The Bertz CT molecular complexity index is 1310. The molecule has 4 saturated carbocycles. The van der Waals surface area contributed by atoms with E-state index in [0.29, 0.717) is 35.0 Å². The van der Waals surface area contributed by atoms with Crippen LogP contribution in [0.4, 0.5) is 11.5 Å². The number of nitrogens with one attached hydrogen (secondary N) is 1. The fourth-order valence-corrected chi connectivity index (χ4v) is 7.91. The fraction of sp³-hybridized carbons (Fsp3) is 0.583. The Hall–Kier alpha value is -3.02. The first kappa shape index (κ1) is 23.4. The topological polar surface area (TPSA) is 126 Å². The lowest BCUT2D eigenvalue weighted by atomic mass is 9.46. The molecular formula is C24H29BrN8O3. The number of nitrogens with zero attached hydrogens (tertiary/aromatic N) is 7. The summed E-state index contributed by atoms with van der Waals surface area (Å²) >= 11 is 3.31. The van der Waals surface area contributed by atoms with Gasteiger partial charge in [-0.1, -0.05) is 0 Å². The highest BCUT2D eigenvalue weighted by atomic mass is 79.9. The molecule has 12 heteroatoms. The molecule has 2 atom stereocenters. The van der Waals surface area contributed by atoms with Crippen LogP contribution in [0.5, 0.6) is 0 Å². The fourth-order valence-electron chi connectivity index (χ4n) is 7.50. The van der Waals surface area contributed by atoms with Crippen molar-refractivity contribution in [3.05, 3.63) is 51.1 Å². The molecule has 36 heavy (non-hydrogen) atoms. The SMILES string of the molecule is CCn1cc(Cn2cc(NC(=O)CC34CC5CC(C3)CC(n3cc(Br)c([N+](=O)[O-])n3)(C5)C4)cn2)cn1. The summed E-state index contributed by atoms with van der Waals surface area (Å²) in [4.78, 5) is 24.2. The first-order valence-electron chi connectivity index (χ1n) is 12.5. The number of hydrogen-bond acceptors (Lipinski definition) is 6. The number of halogens is 1. The summed E-state index contributed by atoms with van der Waals surface area (Å²) in [7, 11) is 0. The molecule has 2 unspecified atom stereocenters. The number of anilines is 1. The Labute approximate surface area is 216 Å². The molecule has 3 aromatic heterocycles. The summed E-state index contributed by atoms with van der Waals surface area (Å²) in [5.41, 5.74) is 1.39. The molecular weight excluding hydrogens is 528 g/mol. The van der Waals surface area contributed by atoms with Gasteiger partial charge in [-0.2, -0.15) is 14.9 Å². The van der Waals surface area contributed by atoms with E-state index >= 15 is 0 Å². The van der Waals surface area contributed by atoms with E-state index in [1.807, 2.05) is 34.9 Å². The minimum absolute atomic E-state index is 0.00178. The van der Waals surface area contributed by atoms with Gasteiger partial charge in [-0.3, -0.25) is 14.2 Å².